The summed E-state index contributed by atoms with van der Waals surface area (Å²) in [6.45, 7) is 6.39. The third-order valence-corrected chi connectivity index (χ3v) is 2.68. The van der Waals surface area contributed by atoms with Crippen LogP contribution in [0.1, 0.15) is 39.4 Å². The monoisotopic (exact) mass is 198 g/mol. The molecular formula is C11H18O3. The van der Waals surface area contributed by atoms with Gasteiger partial charge in [-0.05, 0) is 25.0 Å². The Hall–Kier alpha value is -1.25. The fraction of sp³-hybridized carbons (Fsp3) is 0.545. The van der Waals surface area contributed by atoms with Gasteiger partial charge in [-0.15, -0.1) is 0 Å². The summed E-state index contributed by atoms with van der Waals surface area (Å²) in [5, 5.41) is 6.89. The molecule has 3 nitrogen and oxygen atoms in total. The molecule has 0 saturated carbocycles. The second-order valence-electron chi connectivity index (χ2n) is 3.35. The lowest BCUT2D eigenvalue weighted by molar-refractivity contribution is -0.122. The molecule has 0 fully saturated rings. The van der Waals surface area contributed by atoms with Gasteiger partial charge in [0.2, 0.25) is 0 Å². The molecule has 0 unspecified atom stereocenters. The minimum atomic E-state index is -0.250. The summed E-state index contributed by atoms with van der Waals surface area (Å²) < 4.78 is 5.38. The minimum Gasteiger partial charge on any atom is -0.483 e. The lowest BCUT2D eigenvalue weighted by Gasteiger charge is -2.23. The lowest BCUT2D eigenvalue weighted by atomic mass is 9.82. The molecule has 80 valence electrons. The first-order chi connectivity index (χ1) is 6.64. The molecule has 3 heteroatoms. The highest BCUT2D eigenvalue weighted by atomic mass is 16.3. The molecule has 0 aliphatic heterocycles. The van der Waals surface area contributed by atoms with Crippen molar-refractivity contribution in [3.05, 3.63) is 24.2 Å². The molecule has 0 aliphatic rings. The van der Waals surface area contributed by atoms with E-state index in [4.69, 9.17) is 14.3 Å². The topological polar surface area (TPSA) is 50.4 Å². The van der Waals surface area contributed by atoms with Crippen molar-refractivity contribution in [2.45, 2.75) is 39.0 Å². The maximum atomic E-state index is 8.36. The third-order valence-electron chi connectivity index (χ3n) is 2.68. The molecule has 1 rings (SSSR count). The highest BCUT2D eigenvalue weighted by molar-refractivity contribution is 5.32. The zero-order valence-electron chi connectivity index (χ0n) is 8.99. The Morgan fingerprint density at radius 1 is 1.50 bits per heavy atom. The predicted octanol–water partition coefficient (Wildman–Crippen LogP) is 3.06. The van der Waals surface area contributed by atoms with Gasteiger partial charge in [-0.1, -0.05) is 20.8 Å². The van der Waals surface area contributed by atoms with Crippen LogP contribution in [0, 0.1) is 0 Å². The average molecular weight is 198 g/mol. The van der Waals surface area contributed by atoms with Crippen molar-refractivity contribution in [2.24, 2.45) is 0 Å². The van der Waals surface area contributed by atoms with Gasteiger partial charge in [0.15, 0.2) is 0 Å². The van der Waals surface area contributed by atoms with E-state index >= 15 is 0 Å². The molecule has 1 aromatic heterocycles. The molecule has 0 radical (unpaired) electrons. The number of rotatable bonds is 3. The fourth-order valence-corrected chi connectivity index (χ4v) is 1.22. The van der Waals surface area contributed by atoms with Crippen LogP contribution < -0.4 is 0 Å². The molecule has 0 aliphatic carbocycles. The fourth-order valence-electron chi connectivity index (χ4n) is 1.22. The van der Waals surface area contributed by atoms with Gasteiger partial charge in [-0.2, -0.15) is 0 Å². The maximum absolute atomic E-state index is 8.36. The molecule has 0 aromatic carbocycles. The second kappa shape index (κ2) is 6.24. The van der Waals surface area contributed by atoms with Gasteiger partial charge in [0.05, 0.1) is 6.26 Å². The van der Waals surface area contributed by atoms with E-state index in [9.17, 15) is 0 Å². The van der Waals surface area contributed by atoms with Crippen LogP contribution in [0.15, 0.2) is 22.8 Å². The zero-order valence-corrected chi connectivity index (χ0v) is 8.99. The third kappa shape index (κ3) is 3.24. The standard InChI is InChI=1S/C10H16O.CH2O2/c1-4-10(3,5-2)9-7-6-8-11-9;2-1-3/h6-8H,4-5H2,1-3H3;1H,(H,2,3). The van der Waals surface area contributed by atoms with Crippen LogP contribution in [0.2, 0.25) is 0 Å². The van der Waals surface area contributed by atoms with Crippen molar-refractivity contribution >= 4 is 6.47 Å². The van der Waals surface area contributed by atoms with E-state index in [-0.39, 0.29) is 11.9 Å². The molecule has 1 aromatic rings. The zero-order chi connectivity index (χ0) is 11.0. The van der Waals surface area contributed by atoms with Crippen molar-refractivity contribution in [1.82, 2.24) is 0 Å². The number of carboxylic acid groups (broad SMARTS) is 1. The lowest BCUT2D eigenvalue weighted by Crippen LogP contribution is -2.18. The molecule has 0 atom stereocenters. The van der Waals surface area contributed by atoms with Crippen LogP contribution in [-0.4, -0.2) is 11.6 Å². The number of carbonyl (C=O) groups is 1. The van der Waals surface area contributed by atoms with Gasteiger partial charge < -0.3 is 9.52 Å². The van der Waals surface area contributed by atoms with Crippen LogP contribution >= 0.6 is 0 Å². The van der Waals surface area contributed by atoms with Gasteiger partial charge in [0.1, 0.15) is 5.76 Å². The molecule has 0 bridgehead atoms. The van der Waals surface area contributed by atoms with Crippen LogP contribution in [0.5, 0.6) is 0 Å². The summed E-state index contributed by atoms with van der Waals surface area (Å²) in [5.41, 5.74) is 0.240. The van der Waals surface area contributed by atoms with Crippen molar-refractivity contribution in [1.29, 1.82) is 0 Å². The highest BCUT2D eigenvalue weighted by Crippen LogP contribution is 2.30. The summed E-state index contributed by atoms with van der Waals surface area (Å²) in [5.74, 6) is 1.11. The van der Waals surface area contributed by atoms with E-state index in [1.807, 2.05) is 6.07 Å². The first-order valence-corrected chi connectivity index (χ1v) is 4.76. The van der Waals surface area contributed by atoms with Crippen LogP contribution in [0.4, 0.5) is 0 Å². The van der Waals surface area contributed by atoms with Gasteiger partial charge in [-0.3, -0.25) is 4.79 Å². The Morgan fingerprint density at radius 2 is 2.00 bits per heavy atom. The van der Waals surface area contributed by atoms with Gasteiger partial charge in [0.25, 0.3) is 6.47 Å². The predicted molar refractivity (Wildman–Crippen MR) is 55.3 cm³/mol. The SMILES string of the molecule is CCC(C)(CC)c1ccco1.O=CO. The van der Waals surface area contributed by atoms with E-state index in [1.165, 1.54) is 0 Å². The molecule has 14 heavy (non-hydrogen) atoms. The van der Waals surface area contributed by atoms with E-state index in [0.29, 0.717) is 0 Å². The normalized spacial score (nSPS) is 10.2. The van der Waals surface area contributed by atoms with Crippen molar-refractivity contribution < 1.29 is 14.3 Å². The van der Waals surface area contributed by atoms with Crippen molar-refractivity contribution in [3.63, 3.8) is 0 Å². The van der Waals surface area contributed by atoms with Gasteiger partial charge >= 0.3 is 0 Å². The molecular weight excluding hydrogens is 180 g/mol. The summed E-state index contributed by atoms with van der Waals surface area (Å²) >= 11 is 0. The Labute approximate surface area is 84.7 Å². The number of hydrogen-bond acceptors (Lipinski definition) is 2. The molecule has 0 saturated heterocycles. The Kier molecular flexibility index (Phi) is 5.68. The largest absolute Gasteiger partial charge is 0.483 e. The van der Waals surface area contributed by atoms with Gasteiger partial charge in [0, 0.05) is 5.41 Å². The molecule has 0 amide bonds. The first kappa shape index (κ1) is 12.8. The van der Waals surface area contributed by atoms with E-state index < -0.39 is 0 Å². The Bertz CT molecular complexity index is 235. The Morgan fingerprint density at radius 3 is 2.29 bits per heavy atom. The number of furan rings is 1. The average Bonchev–Trinajstić information content (AvgIpc) is 2.71. The summed E-state index contributed by atoms with van der Waals surface area (Å²) in [4.78, 5) is 8.36. The van der Waals surface area contributed by atoms with Crippen LogP contribution in [-0.2, 0) is 10.2 Å². The van der Waals surface area contributed by atoms with E-state index in [2.05, 4.69) is 26.8 Å². The van der Waals surface area contributed by atoms with Crippen LogP contribution in [0.25, 0.3) is 0 Å². The first-order valence-electron chi connectivity index (χ1n) is 4.76. The van der Waals surface area contributed by atoms with Crippen molar-refractivity contribution in [3.8, 4) is 0 Å². The summed E-state index contributed by atoms with van der Waals surface area (Å²) in [7, 11) is 0. The van der Waals surface area contributed by atoms with E-state index in [0.717, 1.165) is 18.6 Å². The molecule has 1 heterocycles. The molecule has 0 spiro atoms. The quantitative estimate of drug-likeness (QED) is 0.759. The number of hydrogen-bond donors (Lipinski definition) is 1. The van der Waals surface area contributed by atoms with Crippen molar-refractivity contribution in [2.75, 3.05) is 0 Å². The highest BCUT2D eigenvalue weighted by Gasteiger charge is 2.24. The summed E-state index contributed by atoms with van der Waals surface area (Å²) in [6.07, 6.45) is 4.02. The maximum Gasteiger partial charge on any atom is 0.290 e. The second-order valence-corrected chi connectivity index (χ2v) is 3.35. The Balaban J connectivity index is 0.000000500. The van der Waals surface area contributed by atoms with E-state index in [1.54, 1.807) is 6.26 Å². The minimum absolute atomic E-state index is 0.240. The van der Waals surface area contributed by atoms with Gasteiger partial charge in [-0.25, -0.2) is 0 Å². The summed E-state index contributed by atoms with van der Waals surface area (Å²) in [6, 6.07) is 4.02. The molecule has 1 N–H and O–H groups in total. The smallest absolute Gasteiger partial charge is 0.290 e. The van der Waals surface area contributed by atoms with Crippen LogP contribution in [0.3, 0.4) is 0 Å².